The van der Waals surface area contributed by atoms with Crippen molar-refractivity contribution in [3.63, 3.8) is 0 Å². The summed E-state index contributed by atoms with van der Waals surface area (Å²) in [5, 5.41) is 22.8. The summed E-state index contributed by atoms with van der Waals surface area (Å²) in [5.74, 6) is -1.31. The number of methoxy groups -OCH3 is 2. The molecule has 0 spiro atoms. The molecule has 24 heavy (non-hydrogen) atoms. The third-order valence-corrected chi connectivity index (χ3v) is 6.55. The minimum Gasteiger partial charge on any atom is -0.773 e. The predicted octanol–water partition coefficient (Wildman–Crippen LogP) is 0.870. The predicted molar refractivity (Wildman–Crippen MR) is 98.0 cm³/mol. The molecule has 0 bridgehead atoms. The van der Waals surface area contributed by atoms with E-state index in [1.165, 1.54) is 14.2 Å². The summed E-state index contributed by atoms with van der Waals surface area (Å²) in [7, 11) is 0.994. The van der Waals surface area contributed by atoms with E-state index in [2.05, 4.69) is 29.1 Å². The third-order valence-electron chi connectivity index (χ3n) is 2.14. The molecule has 0 aromatic carbocycles. The van der Waals surface area contributed by atoms with E-state index in [4.69, 9.17) is 12.6 Å². The molecule has 0 aliphatic heterocycles. The van der Waals surface area contributed by atoms with Gasteiger partial charge in [-0.2, -0.15) is 0 Å². The average Bonchev–Trinajstić information content (AvgIpc) is 2.54. The van der Waals surface area contributed by atoms with Crippen LogP contribution >= 0.6 is 0 Å². The van der Waals surface area contributed by atoms with Gasteiger partial charge in [-0.3, -0.25) is 0 Å². The summed E-state index contributed by atoms with van der Waals surface area (Å²) in [4.78, 5) is 1.92. The molecule has 1 aliphatic carbocycles. The zero-order chi connectivity index (χ0) is 17.9. The van der Waals surface area contributed by atoms with Gasteiger partial charge in [-0.05, 0) is 52.7 Å². The van der Waals surface area contributed by atoms with E-state index in [0.717, 1.165) is 11.4 Å². The molecule has 0 amide bonds. The molecule has 0 unspecified atom stereocenters. The Balaban J connectivity index is 0. The van der Waals surface area contributed by atoms with Crippen LogP contribution in [0.5, 0.6) is 0 Å². The van der Waals surface area contributed by atoms with Gasteiger partial charge in [0.1, 0.15) is 19.0 Å². The molecule has 6 radical (unpaired) electrons. The Labute approximate surface area is 169 Å². The Kier molecular flexibility index (Phi) is 15.3. The van der Waals surface area contributed by atoms with Crippen LogP contribution in [0.25, 0.3) is 0 Å². The topological polar surface area (TPSA) is 64.6 Å². The molecule has 4 nitrogen and oxygen atoms in total. The Morgan fingerprint density at radius 3 is 1.58 bits per heavy atom. The first-order valence-electron chi connectivity index (χ1n) is 6.82. The average molecular weight is 472 g/mol. The van der Waals surface area contributed by atoms with Crippen molar-refractivity contribution in [2.75, 3.05) is 14.2 Å². The molecular formula is C16H22O4RuS2Si. The monoisotopic (exact) mass is 472 g/mol. The fourth-order valence-electron chi connectivity index (χ4n) is 1.09. The smallest absolute Gasteiger partial charge is 0.773 e. The fraction of sp³-hybridized carbons (Fsp3) is 0.312. The SMILES string of the molecule is CO/C([O-])=C([S-])/C([S+]=C[Si](C)(C)C)=C(\[O-])OC.[CH]1[CH][CH][CH][CH][CH]1.[Ru+2]. The van der Waals surface area contributed by atoms with Crippen molar-refractivity contribution in [3.8, 4) is 0 Å². The normalized spacial score (nSPS) is 16.9. The van der Waals surface area contributed by atoms with E-state index in [1.807, 2.05) is 43.5 Å². The van der Waals surface area contributed by atoms with Crippen molar-refractivity contribution < 1.29 is 39.2 Å². The van der Waals surface area contributed by atoms with Crippen molar-refractivity contribution in [1.29, 1.82) is 0 Å². The van der Waals surface area contributed by atoms with Crippen LogP contribution < -0.4 is 10.2 Å². The van der Waals surface area contributed by atoms with E-state index in [0.29, 0.717) is 0 Å². The number of hydrogen-bond acceptors (Lipinski definition) is 5. The van der Waals surface area contributed by atoms with Crippen molar-refractivity contribution in [2.45, 2.75) is 19.6 Å². The first-order chi connectivity index (χ1) is 10.7. The van der Waals surface area contributed by atoms with Gasteiger partial charge < -0.3 is 32.3 Å². The van der Waals surface area contributed by atoms with Crippen molar-refractivity contribution in [2.24, 2.45) is 0 Å². The van der Waals surface area contributed by atoms with Gasteiger partial charge >= 0.3 is 19.5 Å². The fourth-order valence-corrected chi connectivity index (χ4v) is 3.66. The number of ether oxygens (including phenoxy) is 2. The van der Waals surface area contributed by atoms with Gasteiger partial charge in [0.15, 0.2) is 0 Å². The minimum atomic E-state index is -1.47. The Hall–Kier alpha value is -0.170. The van der Waals surface area contributed by atoms with Crippen LogP contribution in [0.4, 0.5) is 0 Å². The summed E-state index contributed by atoms with van der Waals surface area (Å²) >= 11 is 6.04. The van der Waals surface area contributed by atoms with Crippen LogP contribution in [0, 0.1) is 38.5 Å². The van der Waals surface area contributed by atoms with Gasteiger partial charge in [0.25, 0.3) is 0 Å². The maximum atomic E-state index is 11.5. The second kappa shape index (κ2) is 14.0. The van der Waals surface area contributed by atoms with Crippen molar-refractivity contribution in [3.05, 3.63) is 60.2 Å². The molecule has 134 valence electrons. The molecule has 0 atom stereocenters. The Morgan fingerprint density at radius 1 is 0.917 bits per heavy atom. The molecular weight excluding hydrogens is 449 g/mol. The van der Waals surface area contributed by atoms with Crippen LogP contribution in [0.15, 0.2) is 21.7 Å². The molecule has 0 heterocycles. The molecule has 0 saturated heterocycles. The van der Waals surface area contributed by atoms with Crippen LogP contribution in [0.1, 0.15) is 0 Å². The van der Waals surface area contributed by atoms with Gasteiger partial charge in [-0.15, -0.1) is 0 Å². The molecule has 1 aliphatic rings. The Morgan fingerprint density at radius 2 is 1.29 bits per heavy atom. The molecule has 1 saturated carbocycles. The minimum absolute atomic E-state index is 0. The molecule has 0 aromatic heterocycles. The first-order valence-corrected chi connectivity index (χ1v) is 11.7. The molecule has 0 N–H and O–H groups in total. The molecule has 1 fully saturated rings. The zero-order valence-corrected chi connectivity index (χ0v) is 18.7. The largest absolute Gasteiger partial charge is 2.00 e. The summed E-state index contributed by atoms with van der Waals surface area (Å²) < 4.78 is 9.09. The van der Waals surface area contributed by atoms with Gasteiger partial charge in [-0.1, -0.05) is 24.5 Å². The van der Waals surface area contributed by atoms with Gasteiger partial charge in [0, 0.05) is 5.95 Å². The maximum absolute atomic E-state index is 11.5. The van der Waals surface area contributed by atoms with Crippen LogP contribution in [0.2, 0.25) is 19.6 Å². The molecule has 8 heteroatoms. The second-order valence-corrected chi connectivity index (χ2v) is 12.1. The van der Waals surface area contributed by atoms with Gasteiger partial charge in [0.05, 0.1) is 0 Å². The van der Waals surface area contributed by atoms with E-state index < -0.39 is 20.0 Å². The Bertz CT molecular complexity index is 430. The van der Waals surface area contributed by atoms with Gasteiger partial charge in [-0.25, -0.2) is 0 Å². The van der Waals surface area contributed by atoms with E-state index in [1.54, 1.807) is 0 Å². The molecule has 1 rings (SSSR count). The summed E-state index contributed by atoms with van der Waals surface area (Å²) in [5.41, 5.74) is 0. The van der Waals surface area contributed by atoms with E-state index in [-0.39, 0.29) is 29.3 Å². The van der Waals surface area contributed by atoms with Gasteiger partial charge in [0.2, 0.25) is 16.3 Å². The number of hydrogen-bond donors (Lipinski definition) is 0. The standard InChI is InChI=1S/C10H18O4S2Si.C6H6.Ru/c1-13-9(11)7(15)8(10(12)14-2)16-6-17(3,4)5;1-2-4-6-5-3-1;/h6H,1-5H3,(H2-,11,12,15);1-6H;/q;;+2/p-2/b9-7-,10-8-;;. The van der Waals surface area contributed by atoms with Crippen LogP contribution in [-0.4, -0.2) is 27.3 Å². The number of rotatable bonds is 5. The second-order valence-electron chi connectivity index (χ2n) is 5.40. The van der Waals surface area contributed by atoms with Crippen LogP contribution in [0.3, 0.4) is 0 Å². The van der Waals surface area contributed by atoms with E-state index in [9.17, 15) is 10.2 Å². The van der Waals surface area contributed by atoms with Crippen molar-refractivity contribution in [1.82, 2.24) is 0 Å². The first kappa shape index (κ1) is 26.1. The van der Waals surface area contributed by atoms with Crippen molar-refractivity contribution >= 4 is 37.0 Å². The third kappa shape index (κ3) is 12.2. The van der Waals surface area contributed by atoms with Crippen LogP contribution in [-0.2, 0) is 52.9 Å². The summed E-state index contributed by atoms with van der Waals surface area (Å²) in [6.45, 7) is 6.32. The quantitative estimate of drug-likeness (QED) is 0.149. The molecule has 0 aromatic rings. The zero-order valence-electron chi connectivity index (χ0n) is 14.3. The summed E-state index contributed by atoms with van der Waals surface area (Å²) in [6, 6.07) is 0. The summed E-state index contributed by atoms with van der Waals surface area (Å²) in [6.07, 6.45) is 12.0. The maximum Gasteiger partial charge on any atom is 2.00 e. The van der Waals surface area contributed by atoms with E-state index >= 15 is 0 Å².